The van der Waals surface area contributed by atoms with Gasteiger partial charge < -0.3 is 10.4 Å². The SMILES string of the molecule is CC(CC(=O)O)NC(=O)CS(=O)(=O)Cc1ccc(Br)cc1. The Morgan fingerprint density at radius 3 is 2.38 bits per heavy atom. The number of carbonyl (C=O) groups is 2. The van der Waals surface area contributed by atoms with E-state index in [1.807, 2.05) is 0 Å². The first kappa shape index (κ1) is 17.6. The number of hydrogen-bond acceptors (Lipinski definition) is 4. The molecule has 0 aliphatic rings. The number of carbonyl (C=O) groups excluding carboxylic acids is 1. The molecule has 0 spiro atoms. The third-order valence-corrected chi connectivity index (χ3v) is 4.54. The van der Waals surface area contributed by atoms with Crippen LogP contribution in [0.1, 0.15) is 18.9 Å². The molecule has 0 saturated carbocycles. The maximum atomic E-state index is 11.9. The summed E-state index contributed by atoms with van der Waals surface area (Å²) >= 11 is 3.25. The quantitative estimate of drug-likeness (QED) is 0.746. The van der Waals surface area contributed by atoms with Crippen molar-refractivity contribution < 1.29 is 23.1 Å². The van der Waals surface area contributed by atoms with E-state index in [4.69, 9.17) is 5.11 Å². The van der Waals surface area contributed by atoms with Crippen LogP contribution >= 0.6 is 15.9 Å². The van der Waals surface area contributed by atoms with Gasteiger partial charge in [-0.15, -0.1) is 0 Å². The fourth-order valence-corrected chi connectivity index (χ4v) is 3.26. The number of aliphatic carboxylic acids is 1. The van der Waals surface area contributed by atoms with Gasteiger partial charge in [0, 0.05) is 10.5 Å². The molecule has 6 nitrogen and oxygen atoms in total. The van der Waals surface area contributed by atoms with Gasteiger partial charge in [0.25, 0.3) is 0 Å². The summed E-state index contributed by atoms with van der Waals surface area (Å²) in [6.07, 6.45) is -0.251. The minimum absolute atomic E-state index is 0.235. The standard InChI is InChI=1S/C13H16BrNO5S/c1-9(6-13(17)18)15-12(16)8-21(19,20)7-10-2-4-11(14)5-3-10/h2-5,9H,6-8H2,1H3,(H,15,16)(H,17,18). The molecule has 0 aliphatic heterocycles. The van der Waals surface area contributed by atoms with Crippen LogP contribution < -0.4 is 5.32 Å². The molecule has 0 fully saturated rings. The van der Waals surface area contributed by atoms with Gasteiger partial charge in [-0.05, 0) is 24.6 Å². The zero-order valence-electron chi connectivity index (χ0n) is 11.4. The number of nitrogens with one attached hydrogen (secondary N) is 1. The van der Waals surface area contributed by atoms with Crippen LogP contribution in [-0.4, -0.2) is 37.2 Å². The van der Waals surface area contributed by atoms with Crippen LogP contribution in [-0.2, 0) is 25.2 Å². The highest BCUT2D eigenvalue weighted by Gasteiger charge is 2.19. The Balaban J connectivity index is 2.57. The van der Waals surface area contributed by atoms with Crippen molar-refractivity contribution in [1.29, 1.82) is 0 Å². The first-order valence-electron chi connectivity index (χ1n) is 6.14. The number of amides is 1. The van der Waals surface area contributed by atoms with E-state index in [1.54, 1.807) is 24.3 Å². The molecular formula is C13H16BrNO5S. The number of benzene rings is 1. The number of carboxylic acid groups (broad SMARTS) is 1. The highest BCUT2D eigenvalue weighted by atomic mass is 79.9. The zero-order valence-corrected chi connectivity index (χ0v) is 13.8. The summed E-state index contributed by atoms with van der Waals surface area (Å²) in [7, 11) is -3.60. The Morgan fingerprint density at radius 2 is 1.86 bits per heavy atom. The molecule has 0 aromatic heterocycles. The number of rotatable bonds is 7. The van der Waals surface area contributed by atoms with Crippen LogP contribution in [0.25, 0.3) is 0 Å². The van der Waals surface area contributed by atoms with Crippen molar-refractivity contribution >= 4 is 37.6 Å². The highest BCUT2D eigenvalue weighted by molar-refractivity contribution is 9.10. The molecule has 1 unspecified atom stereocenters. The molecule has 1 atom stereocenters. The molecule has 0 aliphatic carbocycles. The van der Waals surface area contributed by atoms with Crippen LogP contribution in [0.4, 0.5) is 0 Å². The minimum atomic E-state index is -3.60. The highest BCUT2D eigenvalue weighted by Crippen LogP contribution is 2.13. The first-order chi connectivity index (χ1) is 9.68. The number of carboxylic acids is 1. The van der Waals surface area contributed by atoms with Gasteiger partial charge in [-0.3, -0.25) is 9.59 Å². The predicted molar refractivity (Wildman–Crippen MR) is 81.5 cm³/mol. The average Bonchev–Trinajstić information content (AvgIpc) is 2.29. The zero-order chi connectivity index (χ0) is 16.0. The van der Waals surface area contributed by atoms with Crippen LogP contribution in [0.2, 0.25) is 0 Å². The maximum absolute atomic E-state index is 11.9. The van der Waals surface area contributed by atoms with Crippen molar-refractivity contribution in [2.45, 2.75) is 25.1 Å². The molecule has 21 heavy (non-hydrogen) atoms. The normalized spacial score (nSPS) is 12.7. The number of halogens is 1. The lowest BCUT2D eigenvalue weighted by Gasteiger charge is -2.11. The molecule has 1 rings (SSSR count). The summed E-state index contributed by atoms with van der Waals surface area (Å²) in [5, 5.41) is 10.9. The molecule has 2 N–H and O–H groups in total. The molecular weight excluding hydrogens is 362 g/mol. The van der Waals surface area contributed by atoms with E-state index in [1.165, 1.54) is 6.92 Å². The summed E-state index contributed by atoms with van der Waals surface area (Å²) in [6.45, 7) is 1.51. The minimum Gasteiger partial charge on any atom is -0.481 e. The lowest BCUT2D eigenvalue weighted by Crippen LogP contribution is -2.38. The Morgan fingerprint density at radius 1 is 1.29 bits per heavy atom. The van der Waals surface area contributed by atoms with Crippen molar-refractivity contribution in [2.24, 2.45) is 0 Å². The molecule has 1 aromatic rings. The lowest BCUT2D eigenvalue weighted by molar-refractivity contribution is -0.137. The fourth-order valence-electron chi connectivity index (χ4n) is 1.71. The van der Waals surface area contributed by atoms with Gasteiger partial charge in [0.15, 0.2) is 9.84 Å². The summed E-state index contributed by atoms with van der Waals surface area (Å²) < 4.78 is 24.7. The Labute approximate surface area is 131 Å². The van der Waals surface area contributed by atoms with Crippen LogP contribution in [0.3, 0.4) is 0 Å². The predicted octanol–water partition coefficient (Wildman–Crippen LogP) is 1.34. The maximum Gasteiger partial charge on any atom is 0.305 e. The fraction of sp³-hybridized carbons (Fsp3) is 0.385. The van der Waals surface area contributed by atoms with E-state index in [2.05, 4.69) is 21.2 Å². The second-order valence-corrected chi connectivity index (χ2v) is 7.71. The second kappa shape index (κ2) is 7.56. The molecule has 0 bridgehead atoms. The van der Waals surface area contributed by atoms with Crippen molar-refractivity contribution in [2.75, 3.05) is 5.75 Å². The second-order valence-electron chi connectivity index (χ2n) is 4.73. The van der Waals surface area contributed by atoms with Crippen molar-refractivity contribution in [1.82, 2.24) is 5.32 Å². The van der Waals surface area contributed by atoms with Crippen molar-refractivity contribution in [3.05, 3.63) is 34.3 Å². The molecule has 0 heterocycles. The molecule has 0 radical (unpaired) electrons. The molecule has 1 amide bonds. The van der Waals surface area contributed by atoms with E-state index in [-0.39, 0.29) is 12.2 Å². The van der Waals surface area contributed by atoms with Crippen molar-refractivity contribution in [3.8, 4) is 0 Å². The van der Waals surface area contributed by atoms with Crippen LogP contribution in [0.15, 0.2) is 28.7 Å². The molecule has 1 aromatic carbocycles. The van der Waals surface area contributed by atoms with E-state index in [0.29, 0.717) is 5.56 Å². The Hall–Kier alpha value is -1.41. The summed E-state index contributed by atoms with van der Waals surface area (Å²) in [5.41, 5.74) is 0.588. The summed E-state index contributed by atoms with van der Waals surface area (Å²) in [6, 6.07) is 6.15. The van der Waals surface area contributed by atoms with Gasteiger partial charge >= 0.3 is 5.97 Å². The van der Waals surface area contributed by atoms with Gasteiger partial charge in [-0.1, -0.05) is 28.1 Å². The van der Waals surface area contributed by atoms with E-state index >= 15 is 0 Å². The van der Waals surface area contributed by atoms with E-state index < -0.39 is 33.5 Å². The van der Waals surface area contributed by atoms with Gasteiger partial charge in [-0.2, -0.15) is 0 Å². The monoisotopic (exact) mass is 377 g/mol. The third-order valence-electron chi connectivity index (χ3n) is 2.54. The number of sulfone groups is 1. The molecule has 0 saturated heterocycles. The smallest absolute Gasteiger partial charge is 0.305 e. The van der Waals surface area contributed by atoms with Gasteiger partial charge in [0.05, 0.1) is 12.2 Å². The Bertz CT molecular complexity index is 612. The first-order valence-corrected chi connectivity index (χ1v) is 8.75. The molecule has 116 valence electrons. The van der Waals surface area contributed by atoms with Gasteiger partial charge in [0.2, 0.25) is 5.91 Å². The molecule has 8 heteroatoms. The van der Waals surface area contributed by atoms with Gasteiger partial charge in [0.1, 0.15) is 5.75 Å². The largest absolute Gasteiger partial charge is 0.481 e. The van der Waals surface area contributed by atoms with Crippen LogP contribution in [0.5, 0.6) is 0 Å². The number of hydrogen-bond donors (Lipinski definition) is 2. The lowest BCUT2D eigenvalue weighted by atomic mass is 10.2. The average molecular weight is 378 g/mol. The van der Waals surface area contributed by atoms with E-state index in [0.717, 1.165) is 4.47 Å². The Kier molecular flexibility index (Phi) is 6.35. The van der Waals surface area contributed by atoms with Crippen molar-refractivity contribution in [3.63, 3.8) is 0 Å². The van der Waals surface area contributed by atoms with Gasteiger partial charge in [-0.25, -0.2) is 8.42 Å². The van der Waals surface area contributed by atoms with Crippen LogP contribution in [0, 0.1) is 0 Å². The summed E-state index contributed by atoms with van der Waals surface area (Å²) in [4.78, 5) is 22.1. The van der Waals surface area contributed by atoms with E-state index in [9.17, 15) is 18.0 Å². The topological polar surface area (TPSA) is 101 Å². The summed E-state index contributed by atoms with van der Waals surface area (Å²) in [5.74, 6) is -2.64. The third kappa shape index (κ3) is 7.24.